The third-order valence-corrected chi connectivity index (χ3v) is 5.60. The molecule has 0 aliphatic heterocycles. The molecule has 1 aromatic carbocycles. The Kier molecular flexibility index (Phi) is 4.76. The second-order valence-electron chi connectivity index (χ2n) is 7.32. The Hall–Kier alpha value is -1.87. The number of halogens is 1. The van der Waals surface area contributed by atoms with Crippen molar-refractivity contribution < 1.29 is 4.79 Å². The second kappa shape index (κ2) is 7.17. The van der Waals surface area contributed by atoms with E-state index in [0.29, 0.717) is 23.9 Å². The maximum atomic E-state index is 13.2. The van der Waals surface area contributed by atoms with Gasteiger partial charge in [0.05, 0.1) is 12.2 Å². The van der Waals surface area contributed by atoms with Crippen molar-refractivity contribution in [2.75, 3.05) is 4.90 Å². The van der Waals surface area contributed by atoms with Crippen molar-refractivity contribution in [2.45, 2.75) is 38.6 Å². The molecule has 25 heavy (non-hydrogen) atoms. The SMILES string of the molecule is O=C(CC(C1CC1)C1CC1)N(Cc1ccccn1)c1ccc(Cl)cc1. The van der Waals surface area contributed by atoms with Crippen LogP contribution in [0, 0.1) is 17.8 Å². The zero-order valence-corrected chi connectivity index (χ0v) is 15.0. The minimum Gasteiger partial charge on any atom is -0.306 e. The van der Waals surface area contributed by atoms with Gasteiger partial charge >= 0.3 is 0 Å². The first-order valence-electron chi connectivity index (χ1n) is 9.16. The predicted molar refractivity (Wildman–Crippen MR) is 100 cm³/mol. The molecule has 4 heteroatoms. The second-order valence-corrected chi connectivity index (χ2v) is 7.76. The van der Waals surface area contributed by atoms with Gasteiger partial charge in [0.15, 0.2) is 0 Å². The molecule has 2 aliphatic carbocycles. The summed E-state index contributed by atoms with van der Waals surface area (Å²) >= 11 is 6.02. The van der Waals surface area contributed by atoms with Crippen LogP contribution in [0.5, 0.6) is 0 Å². The van der Waals surface area contributed by atoms with Gasteiger partial charge in [-0.1, -0.05) is 17.7 Å². The summed E-state index contributed by atoms with van der Waals surface area (Å²) in [6, 6.07) is 13.4. The molecule has 1 heterocycles. The Morgan fingerprint density at radius 1 is 1.08 bits per heavy atom. The number of benzene rings is 1. The molecule has 1 aromatic heterocycles. The average molecular weight is 355 g/mol. The molecule has 3 nitrogen and oxygen atoms in total. The van der Waals surface area contributed by atoms with Gasteiger partial charge in [-0.15, -0.1) is 0 Å². The Morgan fingerprint density at radius 2 is 1.76 bits per heavy atom. The maximum Gasteiger partial charge on any atom is 0.227 e. The van der Waals surface area contributed by atoms with Gasteiger partial charge in [0.1, 0.15) is 0 Å². The highest BCUT2D eigenvalue weighted by molar-refractivity contribution is 6.30. The number of carbonyl (C=O) groups excluding carboxylic acids is 1. The number of rotatable bonds is 7. The van der Waals surface area contributed by atoms with Crippen molar-refractivity contribution in [1.29, 1.82) is 0 Å². The number of nitrogens with zero attached hydrogens (tertiary/aromatic N) is 2. The summed E-state index contributed by atoms with van der Waals surface area (Å²) in [4.78, 5) is 19.4. The van der Waals surface area contributed by atoms with Crippen molar-refractivity contribution in [3.05, 3.63) is 59.4 Å². The van der Waals surface area contributed by atoms with Crippen LogP contribution in [0.1, 0.15) is 37.8 Å². The lowest BCUT2D eigenvalue weighted by atomic mass is 9.93. The molecule has 0 radical (unpaired) electrons. The molecular formula is C21H23ClN2O. The molecule has 130 valence electrons. The third-order valence-electron chi connectivity index (χ3n) is 5.35. The first-order chi connectivity index (χ1) is 12.2. The first kappa shape index (κ1) is 16.6. The lowest BCUT2D eigenvalue weighted by molar-refractivity contribution is -0.120. The summed E-state index contributed by atoms with van der Waals surface area (Å²) in [7, 11) is 0. The van der Waals surface area contributed by atoms with Gasteiger partial charge in [-0.2, -0.15) is 0 Å². The molecule has 2 saturated carbocycles. The van der Waals surface area contributed by atoms with Crippen molar-refractivity contribution in [3.8, 4) is 0 Å². The van der Waals surface area contributed by atoms with E-state index in [1.165, 1.54) is 25.7 Å². The van der Waals surface area contributed by atoms with Gasteiger partial charge in [0.25, 0.3) is 0 Å². The molecule has 2 aliphatic rings. The predicted octanol–water partition coefficient (Wildman–Crippen LogP) is 5.09. The molecule has 0 bridgehead atoms. The van der Waals surface area contributed by atoms with Gasteiger partial charge in [-0.3, -0.25) is 9.78 Å². The first-order valence-corrected chi connectivity index (χ1v) is 9.54. The van der Waals surface area contributed by atoms with Crippen LogP contribution in [-0.4, -0.2) is 10.9 Å². The van der Waals surface area contributed by atoms with E-state index in [4.69, 9.17) is 11.6 Å². The van der Waals surface area contributed by atoms with E-state index >= 15 is 0 Å². The zero-order chi connectivity index (χ0) is 17.2. The van der Waals surface area contributed by atoms with E-state index < -0.39 is 0 Å². The molecule has 0 saturated heterocycles. The highest BCUT2D eigenvalue weighted by atomic mass is 35.5. The summed E-state index contributed by atoms with van der Waals surface area (Å²) in [6.45, 7) is 0.503. The third kappa shape index (κ3) is 4.21. The smallest absolute Gasteiger partial charge is 0.227 e. The van der Waals surface area contributed by atoms with Crippen molar-refractivity contribution in [1.82, 2.24) is 4.98 Å². The fourth-order valence-electron chi connectivity index (χ4n) is 3.68. The molecule has 0 N–H and O–H groups in total. The standard InChI is InChI=1S/C21H23ClN2O/c22-17-8-10-19(11-9-17)24(14-18-3-1-2-12-23-18)21(25)13-20(15-4-5-15)16-6-7-16/h1-3,8-12,15-16,20H,4-7,13-14H2. The fourth-order valence-corrected chi connectivity index (χ4v) is 3.80. The zero-order valence-electron chi connectivity index (χ0n) is 14.3. The normalized spacial score (nSPS) is 16.9. The topological polar surface area (TPSA) is 33.2 Å². The summed E-state index contributed by atoms with van der Waals surface area (Å²) in [5.41, 5.74) is 1.80. The van der Waals surface area contributed by atoms with E-state index in [2.05, 4.69) is 4.98 Å². The van der Waals surface area contributed by atoms with Crippen LogP contribution >= 0.6 is 11.6 Å². The summed E-state index contributed by atoms with van der Waals surface area (Å²) in [5, 5.41) is 0.683. The van der Waals surface area contributed by atoms with Crippen LogP contribution in [-0.2, 0) is 11.3 Å². The Morgan fingerprint density at radius 3 is 2.32 bits per heavy atom. The number of hydrogen-bond acceptors (Lipinski definition) is 2. The molecule has 0 atom stereocenters. The molecule has 0 spiro atoms. The largest absolute Gasteiger partial charge is 0.306 e. The fraction of sp³-hybridized carbons (Fsp3) is 0.429. The molecular weight excluding hydrogens is 332 g/mol. The summed E-state index contributed by atoms with van der Waals surface area (Å²) in [5.74, 6) is 2.33. The highest BCUT2D eigenvalue weighted by Crippen LogP contribution is 2.51. The van der Waals surface area contributed by atoms with Gasteiger partial charge in [0.2, 0.25) is 5.91 Å². The number of hydrogen-bond donors (Lipinski definition) is 0. The van der Waals surface area contributed by atoms with Crippen molar-refractivity contribution in [3.63, 3.8) is 0 Å². The van der Waals surface area contributed by atoms with Crippen LogP contribution in [0.3, 0.4) is 0 Å². The van der Waals surface area contributed by atoms with Crippen LogP contribution < -0.4 is 4.90 Å². The summed E-state index contributed by atoms with van der Waals surface area (Å²) in [6.07, 6.45) is 7.64. The van der Waals surface area contributed by atoms with E-state index in [1.807, 2.05) is 47.4 Å². The van der Waals surface area contributed by atoms with E-state index in [0.717, 1.165) is 23.2 Å². The van der Waals surface area contributed by atoms with E-state index in [-0.39, 0.29) is 5.91 Å². The van der Waals surface area contributed by atoms with Gasteiger partial charge < -0.3 is 4.90 Å². The van der Waals surface area contributed by atoms with Crippen LogP contribution in [0.25, 0.3) is 0 Å². The van der Waals surface area contributed by atoms with Gasteiger partial charge in [-0.25, -0.2) is 0 Å². The number of aromatic nitrogens is 1. The molecule has 0 unspecified atom stereocenters. The highest BCUT2D eigenvalue weighted by Gasteiger charge is 2.42. The molecule has 4 rings (SSSR count). The molecule has 2 aromatic rings. The van der Waals surface area contributed by atoms with E-state index in [1.54, 1.807) is 6.20 Å². The Bertz CT molecular complexity index is 711. The molecule has 1 amide bonds. The Balaban J connectivity index is 1.55. The Labute approximate surface area is 154 Å². The molecule has 2 fully saturated rings. The van der Waals surface area contributed by atoms with Crippen molar-refractivity contribution >= 4 is 23.2 Å². The van der Waals surface area contributed by atoms with Gasteiger partial charge in [0, 0.05) is 23.3 Å². The average Bonchev–Trinajstić information content (AvgIpc) is 3.53. The van der Waals surface area contributed by atoms with Crippen molar-refractivity contribution in [2.24, 2.45) is 17.8 Å². The van der Waals surface area contributed by atoms with Gasteiger partial charge in [-0.05, 0) is 79.8 Å². The lowest BCUT2D eigenvalue weighted by Gasteiger charge is -2.25. The number of carbonyl (C=O) groups is 1. The minimum atomic E-state index is 0.205. The monoisotopic (exact) mass is 354 g/mol. The maximum absolute atomic E-state index is 13.2. The van der Waals surface area contributed by atoms with E-state index in [9.17, 15) is 4.79 Å². The number of amides is 1. The number of pyridine rings is 1. The van der Waals surface area contributed by atoms with Crippen LogP contribution in [0.15, 0.2) is 48.7 Å². The lowest BCUT2D eigenvalue weighted by Crippen LogP contribution is -2.33. The summed E-state index contributed by atoms with van der Waals surface area (Å²) < 4.78 is 0. The van der Waals surface area contributed by atoms with Crippen LogP contribution in [0.4, 0.5) is 5.69 Å². The van der Waals surface area contributed by atoms with Crippen LogP contribution in [0.2, 0.25) is 5.02 Å². The number of anilines is 1. The quantitative estimate of drug-likeness (QED) is 0.693. The minimum absolute atomic E-state index is 0.205.